The van der Waals surface area contributed by atoms with Gasteiger partial charge in [0.2, 0.25) is 0 Å². The number of nitrogens with one attached hydrogen (secondary N) is 1. The SMILES string of the molecule is Nc1ccccc1CNc1ccnc2ccccc12. The molecule has 0 unspecified atom stereocenters. The summed E-state index contributed by atoms with van der Waals surface area (Å²) in [5.41, 5.74) is 9.93. The second kappa shape index (κ2) is 4.98. The number of fused-ring (bicyclic) bond motifs is 1. The molecule has 0 atom stereocenters. The summed E-state index contributed by atoms with van der Waals surface area (Å²) >= 11 is 0. The fourth-order valence-corrected chi connectivity index (χ4v) is 2.14. The molecule has 94 valence electrons. The van der Waals surface area contributed by atoms with Crippen molar-refractivity contribution >= 4 is 22.3 Å². The van der Waals surface area contributed by atoms with Gasteiger partial charge in [-0.1, -0.05) is 36.4 Å². The van der Waals surface area contributed by atoms with Crippen LogP contribution in [0.25, 0.3) is 10.9 Å². The molecule has 0 bridgehead atoms. The van der Waals surface area contributed by atoms with E-state index in [1.54, 1.807) is 0 Å². The van der Waals surface area contributed by atoms with Crippen molar-refractivity contribution in [1.29, 1.82) is 0 Å². The number of rotatable bonds is 3. The fraction of sp³-hybridized carbons (Fsp3) is 0.0625. The third-order valence-electron chi connectivity index (χ3n) is 3.17. The van der Waals surface area contributed by atoms with Crippen molar-refractivity contribution in [2.75, 3.05) is 11.1 Å². The Balaban J connectivity index is 1.88. The molecule has 3 N–H and O–H groups in total. The first-order valence-electron chi connectivity index (χ1n) is 6.25. The van der Waals surface area contributed by atoms with Crippen molar-refractivity contribution in [2.45, 2.75) is 6.54 Å². The molecule has 3 aromatic rings. The molecule has 0 saturated heterocycles. The van der Waals surface area contributed by atoms with Gasteiger partial charge in [0.25, 0.3) is 0 Å². The number of benzene rings is 2. The molecule has 1 heterocycles. The van der Waals surface area contributed by atoms with Crippen molar-refractivity contribution in [3.63, 3.8) is 0 Å². The van der Waals surface area contributed by atoms with Crippen molar-refractivity contribution < 1.29 is 0 Å². The molecule has 2 aromatic carbocycles. The molecule has 1 aromatic heterocycles. The van der Waals surface area contributed by atoms with Gasteiger partial charge in [-0.2, -0.15) is 0 Å². The molecule has 3 rings (SSSR count). The number of nitrogen functional groups attached to an aromatic ring is 1. The lowest BCUT2D eigenvalue weighted by Crippen LogP contribution is -2.03. The molecule has 0 aliphatic rings. The summed E-state index contributed by atoms with van der Waals surface area (Å²) in [6.45, 7) is 0.709. The van der Waals surface area contributed by atoms with Crippen LogP contribution in [-0.4, -0.2) is 4.98 Å². The topological polar surface area (TPSA) is 50.9 Å². The lowest BCUT2D eigenvalue weighted by molar-refractivity contribution is 1.16. The van der Waals surface area contributed by atoms with Crippen LogP contribution in [0.1, 0.15) is 5.56 Å². The third kappa shape index (κ3) is 2.36. The maximum Gasteiger partial charge on any atom is 0.0722 e. The number of nitrogens with zero attached hydrogens (tertiary/aromatic N) is 1. The predicted molar refractivity (Wildman–Crippen MR) is 79.9 cm³/mol. The smallest absolute Gasteiger partial charge is 0.0722 e. The van der Waals surface area contributed by atoms with E-state index in [2.05, 4.69) is 16.4 Å². The first-order valence-corrected chi connectivity index (χ1v) is 6.25. The highest BCUT2D eigenvalue weighted by atomic mass is 14.9. The van der Waals surface area contributed by atoms with E-state index in [0.29, 0.717) is 6.54 Å². The minimum absolute atomic E-state index is 0.709. The Bertz CT molecular complexity index is 702. The Morgan fingerprint density at radius 2 is 1.74 bits per heavy atom. The summed E-state index contributed by atoms with van der Waals surface area (Å²) in [5.74, 6) is 0. The summed E-state index contributed by atoms with van der Waals surface area (Å²) in [5, 5.41) is 4.55. The zero-order valence-electron chi connectivity index (χ0n) is 10.5. The maximum atomic E-state index is 5.95. The predicted octanol–water partition coefficient (Wildman–Crippen LogP) is 3.43. The van der Waals surface area contributed by atoms with E-state index in [4.69, 9.17) is 5.73 Å². The Morgan fingerprint density at radius 1 is 0.947 bits per heavy atom. The Labute approximate surface area is 112 Å². The van der Waals surface area contributed by atoms with Crippen LogP contribution in [0.15, 0.2) is 60.8 Å². The molecule has 3 nitrogen and oxygen atoms in total. The van der Waals surface area contributed by atoms with E-state index in [-0.39, 0.29) is 0 Å². The minimum atomic E-state index is 0.709. The number of aromatic nitrogens is 1. The van der Waals surface area contributed by atoms with E-state index in [0.717, 1.165) is 27.8 Å². The zero-order chi connectivity index (χ0) is 13.1. The second-order valence-corrected chi connectivity index (χ2v) is 4.43. The third-order valence-corrected chi connectivity index (χ3v) is 3.17. The molecule has 0 radical (unpaired) electrons. The summed E-state index contributed by atoms with van der Waals surface area (Å²) in [4.78, 5) is 4.35. The largest absolute Gasteiger partial charge is 0.398 e. The Kier molecular flexibility index (Phi) is 3.02. The van der Waals surface area contributed by atoms with E-state index >= 15 is 0 Å². The lowest BCUT2D eigenvalue weighted by Gasteiger charge is -2.10. The number of nitrogens with two attached hydrogens (primary N) is 1. The monoisotopic (exact) mass is 249 g/mol. The quantitative estimate of drug-likeness (QED) is 0.699. The van der Waals surface area contributed by atoms with Gasteiger partial charge in [-0.15, -0.1) is 0 Å². The number of hydrogen-bond donors (Lipinski definition) is 2. The molecule has 3 heteroatoms. The average Bonchev–Trinajstić information content (AvgIpc) is 2.46. The fourth-order valence-electron chi connectivity index (χ4n) is 2.14. The lowest BCUT2D eigenvalue weighted by atomic mass is 10.1. The van der Waals surface area contributed by atoms with Crippen LogP contribution in [0.2, 0.25) is 0 Å². The van der Waals surface area contributed by atoms with E-state index in [9.17, 15) is 0 Å². The summed E-state index contributed by atoms with van der Waals surface area (Å²) in [6.07, 6.45) is 1.82. The number of anilines is 2. The zero-order valence-corrected chi connectivity index (χ0v) is 10.5. The van der Waals surface area contributed by atoms with E-state index < -0.39 is 0 Å². The van der Waals surface area contributed by atoms with Crippen LogP contribution < -0.4 is 11.1 Å². The highest BCUT2D eigenvalue weighted by Gasteiger charge is 2.02. The summed E-state index contributed by atoms with van der Waals surface area (Å²) in [6, 6.07) is 18.0. The van der Waals surface area contributed by atoms with Gasteiger partial charge in [-0.25, -0.2) is 0 Å². The van der Waals surface area contributed by atoms with Gasteiger partial charge in [0, 0.05) is 29.5 Å². The normalized spacial score (nSPS) is 10.5. The van der Waals surface area contributed by atoms with Crippen LogP contribution in [0, 0.1) is 0 Å². The summed E-state index contributed by atoms with van der Waals surface area (Å²) in [7, 11) is 0. The molecule has 0 aliphatic carbocycles. The Morgan fingerprint density at radius 3 is 2.63 bits per heavy atom. The van der Waals surface area contributed by atoms with Crippen LogP contribution in [-0.2, 0) is 6.54 Å². The number of hydrogen-bond acceptors (Lipinski definition) is 3. The average molecular weight is 249 g/mol. The van der Waals surface area contributed by atoms with Gasteiger partial charge in [0.1, 0.15) is 0 Å². The standard InChI is InChI=1S/C16H15N3/c17-14-7-3-1-5-12(14)11-19-16-9-10-18-15-8-4-2-6-13(15)16/h1-10H,11,17H2,(H,18,19). The molecule has 0 fully saturated rings. The van der Waals surface area contributed by atoms with Crippen LogP contribution in [0.5, 0.6) is 0 Å². The van der Waals surface area contributed by atoms with Gasteiger partial charge in [-0.3, -0.25) is 4.98 Å². The Hall–Kier alpha value is -2.55. The first kappa shape index (κ1) is 11.5. The molecule has 19 heavy (non-hydrogen) atoms. The molecular weight excluding hydrogens is 234 g/mol. The van der Waals surface area contributed by atoms with Crippen molar-refractivity contribution in [1.82, 2.24) is 4.98 Å². The second-order valence-electron chi connectivity index (χ2n) is 4.43. The van der Waals surface area contributed by atoms with Gasteiger partial charge >= 0.3 is 0 Å². The molecule has 0 saturated carbocycles. The van der Waals surface area contributed by atoms with E-state index in [1.165, 1.54) is 0 Å². The molecule has 0 amide bonds. The van der Waals surface area contributed by atoms with Crippen molar-refractivity contribution in [3.05, 3.63) is 66.4 Å². The highest BCUT2D eigenvalue weighted by Crippen LogP contribution is 2.22. The highest BCUT2D eigenvalue weighted by molar-refractivity contribution is 5.90. The van der Waals surface area contributed by atoms with E-state index in [1.807, 2.05) is 54.7 Å². The first-order chi connectivity index (χ1) is 9.34. The van der Waals surface area contributed by atoms with Crippen LogP contribution >= 0.6 is 0 Å². The molecular formula is C16H15N3. The van der Waals surface area contributed by atoms with Gasteiger partial charge in [0.05, 0.1) is 5.52 Å². The van der Waals surface area contributed by atoms with Crippen molar-refractivity contribution in [2.24, 2.45) is 0 Å². The number of pyridine rings is 1. The molecule has 0 spiro atoms. The number of para-hydroxylation sites is 2. The van der Waals surface area contributed by atoms with Crippen molar-refractivity contribution in [3.8, 4) is 0 Å². The van der Waals surface area contributed by atoms with Crippen LogP contribution in [0.3, 0.4) is 0 Å². The van der Waals surface area contributed by atoms with Gasteiger partial charge in [0.15, 0.2) is 0 Å². The van der Waals surface area contributed by atoms with Gasteiger partial charge in [-0.05, 0) is 23.8 Å². The minimum Gasteiger partial charge on any atom is -0.398 e. The maximum absolute atomic E-state index is 5.95. The summed E-state index contributed by atoms with van der Waals surface area (Å²) < 4.78 is 0. The molecule has 0 aliphatic heterocycles. The van der Waals surface area contributed by atoms with Crippen LogP contribution in [0.4, 0.5) is 11.4 Å². The van der Waals surface area contributed by atoms with Gasteiger partial charge < -0.3 is 11.1 Å².